The number of carbonyl (C=O) groups is 3. The van der Waals surface area contributed by atoms with Gasteiger partial charge >= 0.3 is 5.97 Å². The lowest BCUT2D eigenvalue weighted by Crippen LogP contribution is -2.41. The summed E-state index contributed by atoms with van der Waals surface area (Å²) in [6.45, 7) is 5.09. The van der Waals surface area contributed by atoms with Crippen LogP contribution in [0.3, 0.4) is 0 Å². The highest BCUT2D eigenvalue weighted by atomic mass is 16.5. The number of Topliss-reactive ketones (excluding diaryl/α,β-unsaturated/α-hetero) is 1. The van der Waals surface area contributed by atoms with Gasteiger partial charge in [0.15, 0.2) is 6.10 Å². The highest BCUT2D eigenvalue weighted by molar-refractivity contribution is 6.01. The molecule has 5 heteroatoms. The van der Waals surface area contributed by atoms with Gasteiger partial charge in [0.2, 0.25) is 5.78 Å². The van der Waals surface area contributed by atoms with Crippen molar-refractivity contribution in [3.63, 3.8) is 0 Å². The van der Waals surface area contributed by atoms with Crippen LogP contribution in [0.25, 0.3) is 0 Å². The number of carbonyl (C=O) groups excluding carboxylic acids is 3. The molecule has 0 fully saturated rings. The minimum Gasteiger partial charge on any atom is -0.453 e. The van der Waals surface area contributed by atoms with Crippen molar-refractivity contribution in [1.29, 1.82) is 0 Å². The van der Waals surface area contributed by atoms with Crippen LogP contribution in [0.5, 0.6) is 0 Å². The maximum absolute atomic E-state index is 12.4. The molecule has 2 atom stereocenters. The lowest BCUT2D eigenvalue weighted by molar-refractivity contribution is -0.148. The summed E-state index contributed by atoms with van der Waals surface area (Å²) < 4.78 is 5.22. The second kappa shape index (κ2) is 8.94. The van der Waals surface area contributed by atoms with E-state index >= 15 is 0 Å². The van der Waals surface area contributed by atoms with Gasteiger partial charge in [-0.05, 0) is 38.0 Å². The van der Waals surface area contributed by atoms with E-state index in [1.807, 2.05) is 19.1 Å². The zero-order chi connectivity index (χ0) is 19.1. The Morgan fingerprint density at radius 1 is 0.923 bits per heavy atom. The van der Waals surface area contributed by atoms with Crippen LogP contribution in [0.2, 0.25) is 0 Å². The third-order valence-electron chi connectivity index (χ3n) is 4.05. The van der Waals surface area contributed by atoms with Gasteiger partial charge in [-0.15, -0.1) is 0 Å². The first-order valence-corrected chi connectivity index (χ1v) is 8.62. The van der Waals surface area contributed by atoms with E-state index in [-0.39, 0.29) is 11.7 Å². The molecule has 1 amide bonds. The number of hydrogen-bond donors (Lipinski definition) is 1. The summed E-state index contributed by atoms with van der Waals surface area (Å²) in [7, 11) is 0. The maximum atomic E-state index is 12.4. The minimum atomic E-state index is -0.925. The van der Waals surface area contributed by atoms with Gasteiger partial charge in [-0.2, -0.15) is 0 Å². The average Bonchev–Trinajstić information content (AvgIpc) is 2.67. The smallest absolute Gasteiger partial charge is 0.329 e. The number of nitrogens with one attached hydrogen (secondary N) is 1. The topological polar surface area (TPSA) is 72.5 Å². The highest BCUT2D eigenvalue weighted by Gasteiger charge is 2.24. The molecule has 1 N–H and O–H groups in total. The summed E-state index contributed by atoms with van der Waals surface area (Å²) in [5.41, 5.74) is 2.07. The van der Waals surface area contributed by atoms with Crippen LogP contribution < -0.4 is 5.32 Å². The quantitative estimate of drug-likeness (QED) is 0.613. The van der Waals surface area contributed by atoms with Crippen LogP contribution in [-0.2, 0) is 16.0 Å². The van der Waals surface area contributed by atoms with Crippen molar-refractivity contribution in [2.45, 2.75) is 39.3 Å². The van der Waals surface area contributed by atoms with E-state index in [1.54, 1.807) is 42.5 Å². The van der Waals surface area contributed by atoms with Crippen LogP contribution in [0.4, 0.5) is 0 Å². The standard InChI is InChI=1S/C21H23NO4/c1-4-16-10-12-17(13-11-16)19(23)15(3)26-21(25)14(2)22-20(24)18-8-6-5-7-9-18/h5-15H,4H2,1-3H3,(H,22,24)/t14-,15?/m0/s1. The van der Waals surface area contributed by atoms with Gasteiger partial charge in [-0.25, -0.2) is 4.79 Å². The molecule has 0 spiro atoms. The molecule has 136 valence electrons. The molecule has 0 aliphatic carbocycles. The maximum Gasteiger partial charge on any atom is 0.329 e. The number of aryl methyl sites for hydroxylation is 1. The molecule has 0 saturated carbocycles. The molecule has 0 aliphatic heterocycles. The molecule has 0 aliphatic rings. The molecule has 2 rings (SSSR count). The Labute approximate surface area is 153 Å². The fourth-order valence-electron chi connectivity index (χ4n) is 2.40. The van der Waals surface area contributed by atoms with E-state index < -0.39 is 18.1 Å². The number of benzene rings is 2. The van der Waals surface area contributed by atoms with Gasteiger partial charge in [0.05, 0.1) is 0 Å². The Morgan fingerprint density at radius 2 is 1.54 bits per heavy atom. The number of ketones is 1. The highest BCUT2D eigenvalue weighted by Crippen LogP contribution is 2.10. The summed E-state index contributed by atoms with van der Waals surface area (Å²) in [5, 5.41) is 2.57. The number of rotatable bonds is 7. The molecule has 2 aromatic carbocycles. The summed E-state index contributed by atoms with van der Waals surface area (Å²) >= 11 is 0. The van der Waals surface area contributed by atoms with E-state index in [0.717, 1.165) is 12.0 Å². The Morgan fingerprint density at radius 3 is 2.12 bits per heavy atom. The first-order valence-electron chi connectivity index (χ1n) is 8.62. The van der Waals surface area contributed by atoms with Crippen LogP contribution in [0.1, 0.15) is 47.1 Å². The normalized spacial score (nSPS) is 12.7. The molecule has 0 bridgehead atoms. The third-order valence-corrected chi connectivity index (χ3v) is 4.05. The average molecular weight is 353 g/mol. The van der Waals surface area contributed by atoms with Crippen molar-refractivity contribution in [2.24, 2.45) is 0 Å². The van der Waals surface area contributed by atoms with E-state index in [4.69, 9.17) is 4.74 Å². The van der Waals surface area contributed by atoms with E-state index in [0.29, 0.717) is 11.1 Å². The molecule has 0 heterocycles. The Bertz CT molecular complexity index is 768. The van der Waals surface area contributed by atoms with E-state index in [9.17, 15) is 14.4 Å². The fraction of sp³-hybridized carbons (Fsp3) is 0.286. The van der Waals surface area contributed by atoms with Crippen LogP contribution in [-0.4, -0.2) is 29.8 Å². The predicted octanol–water partition coefficient (Wildman–Crippen LogP) is 3.18. The second-order valence-electron chi connectivity index (χ2n) is 6.06. The fourth-order valence-corrected chi connectivity index (χ4v) is 2.40. The summed E-state index contributed by atoms with van der Waals surface area (Å²) in [6, 6.07) is 14.9. The zero-order valence-corrected chi connectivity index (χ0v) is 15.2. The lowest BCUT2D eigenvalue weighted by atomic mass is 10.0. The first kappa shape index (κ1) is 19.4. The Balaban J connectivity index is 1.92. The molecule has 0 aromatic heterocycles. The first-order chi connectivity index (χ1) is 12.4. The largest absolute Gasteiger partial charge is 0.453 e. The number of amides is 1. The Kier molecular flexibility index (Phi) is 6.67. The third kappa shape index (κ3) is 5.02. The predicted molar refractivity (Wildman–Crippen MR) is 99.1 cm³/mol. The number of hydrogen-bond acceptors (Lipinski definition) is 4. The summed E-state index contributed by atoms with van der Waals surface area (Å²) in [6.07, 6.45) is -0.0384. The molecule has 0 saturated heterocycles. The zero-order valence-electron chi connectivity index (χ0n) is 15.2. The van der Waals surface area contributed by atoms with Gasteiger partial charge in [0.25, 0.3) is 5.91 Å². The van der Waals surface area contributed by atoms with Crippen molar-refractivity contribution >= 4 is 17.7 Å². The molecule has 2 aromatic rings. The second-order valence-corrected chi connectivity index (χ2v) is 6.06. The van der Waals surface area contributed by atoms with Crippen LogP contribution in [0.15, 0.2) is 54.6 Å². The van der Waals surface area contributed by atoms with Crippen molar-refractivity contribution in [3.8, 4) is 0 Å². The molecule has 5 nitrogen and oxygen atoms in total. The van der Waals surface area contributed by atoms with Crippen molar-refractivity contribution < 1.29 is 19.1 Å². The Hall–Kier alpha value is -2.95. The monoisotopic (exact) mass is 353 g/mol. The molecular weight excluding hydrogens is 330 g/mol. The van der Waals surface area contributed by atoms with E-state index in [1.165, 1.54) is 13.8 Å². The van der Waals surface area contributed by atoms with Crippen molar-refractivity contribution in [2.75, 3.05) is 0 Å². The lowest BCUT2D eigenvalue weighted by Gasteiger charge is -2.17. The number of ether oxygens (including phenoxy) is 1. The van der Waals surface area contributed by atoms with Crippen LogP contribution >= 0.6 is 0 Å². The number of esters is 1. The van der Waals surface area contributed by atoms with Gasteiger partial charge < -0.3 is 10.1 Å². The van der Waals surface area contributed by atoms with Crippen molar-refractivity contribution in [3.05, 3.63) is 71.3 Å². The minimum absolute atomic E-state index is 0.275. The van der Waals surface area contributed by atoms with Gasteiger partial charge in [0.1, 0.15) is 6.04 Å². The molecule has 0 radical (unpaired) electrons. The van der Waals surface area contributed by atoms with Gasteiger partial charge in [-0.1, -0.05) is 49.4 Å². The SMILES string of the molecule is CCc1ccc(C(=O)C(C)OC(=O)[C@H](C)NC(=O)c2ccccc2)cc1. The molecular formula is C21H23NO4. The summed E-state index contributed by atoms with van der Waals surface area (Å²) in [5.74, 6) is -1.30. The van der Waals surface area contributed by atoms with Gasteiger partial charge in [-0.3, -0.25) is 9.59 Å². The molecule has 26 heavy (non-hydrogen) atoms. The van der Waals surface area contributed by atoms with Crippen LogP contribution in [0, 0.1) is 0 Å². The van der Waals surface area contributed by atoms with Gasteiger partial charge in [0, 0.05) is 11.1 Å². The molecule has 1 unspecified atom stereocenters. The summed E-state index contributed by atoms with van der Waals surface area (Å²) in [4.78, 5) is 36.6. The van der Waals surface area contributed by atoms with Crippen molar-refractivity contribution in [1.82, 2.24) is 5.32 Å². The van der Waals surface area contributed by atoms with E-state index in [2.05, 4.69) is 5.32 Å².